The Morgan fingerprint density at radius 2 is 1.61 bits per heavy atom. The highest BCUT2D eigenvalue weighted by Gasteiger charge is 2.14. The molecule has 0 saturated heterocycles. The van der Waals surface area contributed by atoms with E-state index in [2.05, 4.69) is 30.8 Å². The molecule has 1 N–H and O–H groups in total. The first-order valence-corrected chi connectivity index (χ1v) is 7.41. The summed E-state index contributed by atoms with van der Waals surface area (Å²) in [6, 6.07) is 14.2. The summed E-state index contributed by atoms with van der Waals surface area (Å²) in [5.74, 6) is -0.650. The maximum atomic E-state index is 12.3. The minimum Gasteiger partial charge on any atom is -0.465 e. The smallest absolute Gasteiger partial charge is 0.337 e. The standard InChI is InChI=1S/C19H21NO3/c1-19(2,3)15-10-8-13(9-11-15)17(21)20-16-7-5-6-14(12-16)18(22)23-4/h5-12H,1-4H3,(H,20,21). The van der Waals surface area contributed by atoms with E-state index < -0.39 is 5.97 Å². The number of rotatable bonds is 3. The molecule has 0 bridgehead atoms. The van der Waals surface area contributed by atoms with Gasteiger partial charge in [0.2, 0.25) is 0 Å². The number of carbonyl (C=O) groups excluding carboxylic acids is 2. The highest BCUT2D eigenvalue weighted by atomic mass is 16.5. The summed E-state index contributed by atoms with van der Waals surface area (Å²) in [4.78, 5) is 23.8. The van der Waals surface area contributed by atoms with Gasteiger partial charge in [-0.1, -0.05) is 39.0 Å². The van der Waals surface area contributed by atoms with Gasteiger partial charge in [-0.25, -0.2) is 4.79 Å². The predicted molar refractivity (Wildman–Crippen MR) is 90.9 cm³/mol. The van der Waals surface area contributed by atoms with Crippen LogP contribution < -0.4 is 5.32 Å². The fourth-order valence-electron chi connectivity index (χ4n) is 2.17. The van der Waals surface area contributed by atoms with Crippen molar-refractivity contribution in [2.24, 2.45) is 0 Å². The molecule has 120 valence electrons. The average molecular weight is 311 g/mol. The lowest BCUT2D eigenvalue weighted by Gasteiger charge is -2.19. The third-order valence-corrected chi connectivity index (χ3v) is 3.55. The summed E-state index contributed by atoms with van der Waals surface area (Å²) in [6.07, 6.45) is 0. The number of esters is 1. The summed E-state index contributed by atoms with van der Waals surface area (Å²) in [5.41, 5.74) is 2.73. The van der Waals surface area contributed by atoms with E-state index in [9.17, 15) is 9.59 Å². The molecule has 2 aromatic carbocycles. The van der Waals surface area contributed by atoms with Crippen molar-refractivity contribution in [3.63, 3.8) is 0 Å². The molecule has 0 aliphatic carbocycles. The van der Waals surface area contributed by atoms with Gasteiger partial charge >= 0.3 is 5.97 Å². The van der Waals surface area contributed by atoms with Crippen LogP contribution in [-0.4, -0.2) is 19.0 Å². The molecule has 0 spiro atoms. The zero-order chi connectivity index (χ0) is 17.0. The summed E-state index contributed by atoms with van der Waals surface area (Å²) >= 11 is 0. The van der Waals surface area contributed by atoms with Gasteiger partial charge in [-0.05, 0) is 41.3 Å². The van der Waals surface area contributed by atoms with Gasteiger partial charge in [0.1, 0.15) is 0 Å². The molecule has 23 heavy (non-hydrogen) atoms. The second-order valence-electron chi connectivity index (χ2n) is 6.35. The molecule has 0 heterocycles. The minimum atomic E-state index is -0.435. The quantitative estimate of drug-likeness (QED) is 0.871. The third kappa shape index (κ3) is 4.19. The Morgan fingerprint density at radius 1 is 0.957 bits per heavy atom. The average Bonchev–Trinajstić information content (AvgIpc) is 2.53. The van der Waals surface area contributed by atoms with Crippen LogP contribution in [0.5, 0.6) is 0 Å². The van der Waals surface area contributed by atoms with Gasteiger partial charge in [0.05, 0.1) is 12.7 Å². The zero-order valence-corrected chi connectivity index (χ0v) is 13.8. The van der Waals surface area contributed by atoms with E-state index >= 15 is 0 Å². The molecule has 0 unspecified atom stereocenters. The van der Waals surface area contributed by atoms with E-state index in [0.29, 0.717) is 16.8 Å². The number of hydrogen-bond donors (Lipinski definition) is 1. The molecule has 0 fully saturated rings. The summed E-state index contributed by atoms with van der Waals surface area (Å²) in [7, 11) is 1.32. The number of ether oxygens (including phenoxy) is 1. The van der Waals surface area contributed by atoms with Gasteiger partial charge in [0, 0.05) is 11.3 Å². The van der Waals surface area contributed by atoms with E-state index in [0.717, 1.165) is 0 Å². The molecular formula is C19H21NO3. The van der Waals surface area contributed by atoms with Crippen LogP contribution in [0.3, 0.4) is 0 Å². The van der Waals surface area contributed by atoms with Crippen LogP contribution in [0.25, 0.3) is 0 Å². The molecule has 0 aliphatic rings. The molecule has 1 amide bonds. The van der Waals surface area contributed by atoms with Gasteiger partial charge in [0.15, 0.2) is 0 Å². The van der Waals surface area contributed by atoms with Crippen LogP contribution in [0.2, 0.25) is 0 Å². The monoisotopic (exact) mass is 311 g/mol. The Labute approximate surface area is 136 Å². The SMILES string of the molecule is COC(=O)c1cccc(NC(=O)c2ccc(C(C)(C)C)cc2)c1. The zero-order valence-electron chi connectivity index (χ0n) is 13.8. The lowest BCUT2D eigenvalue weighted by molar-refractivity contribution is 0.0600. The van der Waals surface area contributed by atoms with Crippen molar-refractivity contribution in [3.8, 4) is 0 Å². The Kier molecular flexibility index (Phi) is 4.84. The minimum absolute atomic E-state index is 0.0455. The molecule has 4 nitrogen and oxygen atoms in total. The van der Waals surface area contributed by atoms with E-state index in [1.807, 2.05) is 12.1 Å². The van der Waals surface area contributed by atoms with Crippen LogP contribution in [0.4, 0.5) is 5.69 Å². The number of methoxy groups -OCH3 is 1. The van der Waals surface area contributed by atoms with Crippen LogP contribution in [0.15, 0.2) is 48.5 Å². The first kappa shape index (κ1) is 16.7. The topological polar surface area (TPSA) is 55.4 Å². The first-order chi connectivity index (χ1) is 10.8. The van der Waals surface area contributed by atoms with Crippen LogP contribution in [-0.2, 0) is 10.2 Å². The van der Waals surface area contributed by atoms with E-state index in [1.165, 1.54) is 12.7 Å². The summed E-state index contributed by atoms with van der Waals surface area (Å²) in [6.45, 7) is 6.38. The predicted octanol–water partition coefficient (Wildman–Crippen LogP) is 4.02. The highest BCUT2D eigenvalue weighted by Crippen LogP contribution is 2.22. The van der Waals surface area contributed by atoms with Crippen LogP contribution in [0.1, 0.15) is 47.1 Å². The van der Waals surface area contributed by atoms with Crippen molar-refractivity contribution in [2.45, 2.75) is 26.2 Å². The van der Waals surface area contributed by atoms with Crippen molar-refractivity contribution in [2.75, 3.05) is 12.4 Å². The maximum Gasteiger partial charge on any atom is 0.337 e. The van der Waals surface area contributed by atoms with Crippen molar-refractivity contribution in [1.29, 1.82) is 0 Å². The van der Waals surface area contributed by atoms with Crippen LogP contribution >= 0.6 is 0 Å². The number of anilines is 1. The van der Waals surface area contributed by atoms with Gasteiger partial charge in [-0.3, -0.25) is 4.79 Å². The van der Waals surface area contributed by atoms with Crippen molar-refractivity contribution in [3.05, 3.63) is 65.2 Å². The molecule has 2 rings (SSSR count). The molecule has 0 aliphatic heterocycles. The fourth-order valence-corrected chi connectivity index (χ4v) is 2.17. The number of hydrogen-bond acceptors (Lipinski definition) is 3. The number of benzene rings is 2. The highest BCUT2D eigenvalue weighted by molar-refractivity contribution is 6.04. The van der Waals surface area contributed by atoms with Gasteiger partial charge in [0.25, 0.3) is 5.91 Å². The molecule has 4 heteroatoms. The molecule has 0 radical (unpaired) electrons. The Balaban J connectivity index is 2.14. The van der Waals surface area contributed by atoms with Crippen molar-refractivity contribution < 1.29 is 14.3 Å². The normalized spacial score (nSPS) is 11.0. The Hall–Kier alpha value is -2.62. The molecular weight excluding hydrogens is 290 g/mol. The van der Waals surface area contributed by atoms with E-state index in [-0.39, 0.29) is 11.3 Å². The molecule has 0 saturated carbocycles. The molecule has 2 aromatic rings. The first-order valence-electron chi connectivity index (χ1n) is 7.41. The second kappa shape index (κ2) is 6.65. The second-order valence-corrected chi connectivity index (χ2v) is 6.35. The van der Waals surface area contributed by atoms with E-state index in [4.69, 9.17) is 0 Å². The number of amides is 1. The van der Waals surface area contributed by atoms with Gasteiger partial charge in [-0.2, -0.15) is 0 Å². The van der Waals surface area contributed by atoms with Gasteiger partial charge < -0.3 is 10.1 Å². The maximum absolute atomic E-state index is 12.3. The Morgan fingerprint density at radius 3 is 2.17 bits per heavy atom. The molecule has 0 atom stereocenters. The lowest BCUT2D eigenvalue weighted by Crippen LogP contribution is -2.14. The van der Waals surface area contributed by atoms with Gasteiger partial charge in [-0.15, -0.1) is 0 Å². The lowest BCUT2D eigenvalue weighted by atomic mass is 9.87. The number of carbonyl (C=O) groups is 2. The van der Waals surface area contributed by atoms with Crippen molar-refractivity contribution in [1.82, 2.24) is 0 Å². The Bertz CT molecular complexity index is 712. The number of nitrogens with one attached hydrogen (secondary N) is 1. The largest absolute Gasteiger partial charge is 0.465 e. The van der Waals surface area contributed by atoms with Crippen LogP contribution in [0, 0.1) is 0 Å². The fraction of sp³-hybridized carbons (Fsp3) is 0.263. The van der Waals surface area contributed by atoms with E-state index in [1.54, 1.807) is 36.4 Å². The summed E-state index contributed by atoms with van der Waals surface area (Å²) < 4.78 is 4.67. The van der Waals surface area contributed by atoms with Crippen molar-refractivity contribution >= 4 is 17.6 Å². The third-order valence-electron chi connectivity index (χ3n) is 3.55. The summed E-state index contributed by atoms with van der Waals surface area (Å²) in [5, 5.41) is 2.79. The molecule has 0 aromatic heterocycles.